The minimum Gasteiger partial charge on any atom is -0.342 e. The standard InChI is InChI=1S/C18H24N4O3/c1-11(2)19-18(25)20-13-9-15-16(23)21-14(17(24)22(15)10-13)8-12-6-4-3-5-7-12/h3-7,11,13-15H,8-10H2,1-2H3,(H,21,23)(H2,19,20,25)/t13-,14+,15-/m0/s1. The summed E-state index contributed by atoms with van der Waals surface area (Å²) in [5.41, 5.74) is 1.00. The Morgan fingerprint density at radius 2 is 2.00 bits per heavy atom. The molecule has 7 heteroatoms. The highest BCUT2D eigenvalue weighted by atomic mass is 16.2. The Morgan fingerprint density at radius 3 is 2.68 bits per heavy atom. The van der Waals surface area contributed by atoms with Crippen LogP contribution >= 0.6 is 0 Å². The molecule has 25 heavy (non-hydrogen) atoms. The molecule has 2 aliphatic rings. The smallest absolute Gasteiger partial charge is 0.315 e. The lowest BCUT2D eigenvalue weighted by Gasteiger charge is -2.34. The Hall–Kier alpha value is -2.57. The molecule has 0 aliphatic carbocycles. The van der Waals surface area contributed by atoms with Gasteiger partial charge in [0.2, 0.25) is 11.8 Å². The van der Waals surface area contributed by atoms with Crippen LogP contribution in [0.3, 0.4) is 0 Å². The number of piperazine rings is 1. The number of hydrogen-bond acceptors (Lipinski definition) is 3. The van der Waals surface area contributed by atoms with Crippen molar-refractivity contribution >= 4 is 17.8 Å². The van der Waals surface area contributed by atoms with Gasteiger partial charge in [0.05, 0.1) is 6.04 Å². The summed E-state index contributed by atoms with van der Waals surface area (Å²) in [6, 6.07) is 8.13. The number of nitrogens with one attached hydrogen (secondary N) is 3. The van der Waals surface area contributed by atoms with Crippen molar-refractivity contribution < 1.29 is 14.4 Å². The quantitative estimate of drug-likeness (QED) is 0.739. The van der Waals surface area contributed by atoms with Gasteiger partial charge in [-0.3, -0.25) is 9.59 Å². The van der Waals surface area contributed by atoms with E-state index in [2.05, 4.69) is 16.0 Å². The number of urea groups is 1. The fourth-order valence-corrected chi connectivity index (χ4v) is 3.44. The monoisotopic (exact) mass is 344 g/mol. The fraction of sp³-hybridized carbons (Fsp3) is 0.500. The first kappa shape index (κ1) is 17.3. The highest BCUT2D eigenvalue weighted by Crippen LogP contribution is 2.24. The number of nitrogens with zero attached hydrogens (tertiary/aromatic N) is 1. The Morgan fingerprint density at radius 1 is 1.28 bits per heavy atom. The van der Waals surface area contributed by atoms with Crippen LogP contribution in [0.15, 0.2) is 30.3 Å². The molecule has 3 rings (SSSR count). The van der Waals surface area contributed by atoms with Crippen molar-refractivity contribution in [2.24, 2.45) is 0 Å². The van der Waals surface area contributed by atoms with E-state index in [-0.39, 0.29) is 29.9 Å². The number of carbonyl (C=O) groups excluding carboxylic acids is 3. The predicted octanol–water partition coefficient (Wildman–Crippen LogP) is 0.405. The molecule has 7 nitrogen and oxygen atoms in total. The van der Waals surface area contributed by atoms with Gasteiger partial charge in [-0.25, -0.2) is 4.79 Å². The molecular formula is C18H24N4O3. The van der Waals surface area contributed by atoms with E-state index in [4.69, 9.17) is 0 Å². The van der Waals surface area contributed by atoms with E-state index < -0.39 is 12.1 Å². The summed E-state index contributed by atoms with van der Waals surface area (Å²) in [4.78, 5) is 38.6. The Labute approximate surface area is 147 Å². The van der Waals surface area contributed by atoms with Crippen LogP contribution in [0.25, 0.3) is 0 Å². The van der Waals surface area contributed by atoms with E-state index in [1.807, 2.05) is 44.2 Å². The molecular weight excluding hydrogens is 320 g/mol. The predicted molar refractivity (Wildman–Crippen MR) is 92.8 cm³/mol. The van der Waals surface area contributed by atoms with Crippen molar-refractivity contribution in [3.8, 4) is 0 Å². The summed E-state index contributed by atoms with van der Waals surface area (Å²) < 4.78 is 0. The molecule has 2 heterocycles. The Balaban J connectivity index is 1.64. The third-order valence-electron chi connectivity index (χ3n) is 4.54. The molecule has 2 fully saturated rings. The molecule has 0 saturated carbocycles. The SMILES string of the molecule is CC(C)NC(=O)N[C@H]1C[C@H]2C(=O)N[C@H](Cc3ccccc3)C(=O)N2C1. The molecule has 2 saturated heterocycles. The van der Waals surface area contributed by atoms with E-state index in [0.717, 1.165) is 5.56 Å². The number of amides is 4. The van der Waals surface area contributed by atoms with Gasteiger partial charge in [-0.1, -0.05) is 30.3 Å². The number of fused-ring (bicyclic) bond motifs is 1. The van der Waals surface area contributed by atoms with Gasteiger partial charge in [0.15, 0.2) is 0 Å². The topological polar surface area (TPSA) is 90.5 Å². The van der Waals surface area contributed by atoms with Crippen molar-refractivity contribution in [2.45, 2.75) is 50.9 Å². The van der Waals surface area contributed by atoms with Crippen molar-refractivity contribution in [1.29, 1.82) is 0 Å². The zero-order valence-electron chi connectivity index (χ0n) is 14.5. The summed E-state index contributed by atoms with van der Waals surface area (Å²) in [5.74, 6) is -0.226. The number of hydrogen-bond donors (Lipinski definition) is 3. The maximum absolute atomic E-state index is 12.7. The number of benzene rings is 1. The largest absolute Gasteiger partial charge is 0.342 e. The normalized spacial score (nSPS) is 25.6. The summed E-state index contributed by atoms with van der Waals surface area (Å²) in [6.45, 7) is 4.12. The molecule has 0 aromatic heterocycles. The molecule has 1 aromatic carbocycles. The summed E-state index contributed by atoms with van der Waals surface area (Å²) in [7, 11) is 0. The maximum Gasteiger partial charge on any atom is 0.315 e. The lowest BCUT2D eigenvalue weighted by molar-refractivity contribution is -0.147. The summed E-state index contributed by atoms with van der Waals surface area (Å²) in [5, 5.41) is 8.44. The van der Waals surface area contributed by atoms with Crippen LogP contribution in [0.1, 0.15) is 25.8 Å². The van der Waals surface area contributed by atoms with E-state index in [0.29, 0.717) is 19.4 Å². The van der Waals surface area contributed by atoms with Gasteiger partial charge >= 0.3 is 6.03 Å². The maximum atomic E-state index is 12.7. The second kappa shape index (κ2) is 7.13. The van der Waals surface area contributed by atoms with Gasteiger partial charge in [-0.15, -0.1) is 0 Å². The van der Waals surface area contributed by atoms with Gasteiger partial charge in [0, 0.05) is 19.0 Å². The Bertz CT molecular complexity index is 662. The molecule has 3 N–H and O–H groups in total. The van der Waals surface area contributed by atoms with Crippen molar-refractivity contribution in [2.75, 3.05) is 6.54 Å². The minimum atomic E-state index is -0.547. The Kier molecular flexibility index (Phi) is 4.92. The van der Waals surface area contributed by atoms with Crippen LogP contribution < -0.4 is 16.0 Å². The van der Waals surface area contributed by atoms with Crippen molar-refractivity contribution in [3.05, 3.63) is 35.9 Å². The molecule has 134 valence electrons. The molecule has 0 spiro atoms. The first-order valence-electron chi connectivity index (χ1n) is 8.66. The molecule has 2 aliphatic heterocycles. The van der Waals surface area contributed by atoms with Crippen LogP contribution in [0, 0.1) is 0 Å². The molecule has 0 unspecified atom stereocenters. The van der Waals surface area contributed by atoms with Crippen LogP contribution in [0.2, 0.25) is 0 Å². The minimum absolute atomic E-state index is 0.0316. The molecule has 1 aromatic rings. The van der Waals surface area contributed by atoms with E-state index in [9.17, 15) is 14.4 Å². The van der Waals surface area contributed by atoms with Gasteiger partial charge in [-0.2, -0.15) is 0 Å². The average molecular weight is 344 g/mol. The number of rotatable bonds is 4. The van der Waals surface area contributed by atoms with E-state index >= 15 is 0 Å². The van der Waals surface area contributed by atoms with Crippen LogP contribution in [0.5, 0.6) is 0 Å². The molecule has 4 amide bonds. The van der Waals surface area contributed by atoms with E-state index in [1.165, 1.54) is 0 Å². The van der Waals surface area contributed by atoms with Crippen LogP contribution in [-0.2, 0) is 16.0 Å². The molecule has 3 atom stereocenters. The van der Waals surface area contributed by atoms with E-state index in [1.54, 1.807) is 4.90 Å². The van der Waals surface area contributed by atoms with Crippen molar-refractivity contribution in [3.63, 3.8) is 0 Å². The summed E-state index contributed by atoms with van der Waals surface area (Å²) >= 11 is 0. The zero-order chi connectivity index (χ0) is 18.0. The van der Waals surface area contributed by atoms with Crippen molar-refractivity contribution in [1.82, 2.24) is 20.9 Å². The highest BCUT2D eigenvalue weighted by Gasteiger charge is 2.46. The first-order chi connectivity index (χ1) is 11.9. The first-order valence-corrected chi connectivity index (χ1v) is 8.66. The van der Waals surface area contributed by atoms with Gasteiger partial charge < -0.3 is 20.9 Å². The lowest BCUT2D eigenvalue weighted by Crippen LogP contribution is -2.61. The number of carbonyl (C=O) groups is 3. The second-order valence-corrected chi connectivity index (χ2v) is 6.96. The average Bonchev–Trinajstić information content (AvgIpc) is 2.97. The van der Waals surface area contributed by atoms with Gasteiger partial charge in [-0.05, 0) is 25.8 Å². The highest BCUT2D eigenvalue weighted by molar-refractivity contribution is 5.97. The zero-order valence-corrected chi connectivity index (χ0v) is 14.5. The van der Waals surface area contributed by atoms with Crippen LogP contribution in [-0.4, -0.2) is 53.5 Å². The molecule has 0 bridgehead atoms. The van der Waals surface area contributed by atoms with Gasteiger partial charge in [0.1, 0.15) is 12.1 Å². The third-order valence-corrected chi connectivity index (χ3v) is 4.54. The lowest BCUT2D eigenvalue weighted by atomic mass is 10.0. The third kappa shape index (κ3) is 3.92. The summed E-state index contributed by atoms with van der Waals surface area (Å²) in [6.07, 6.45) is 0.918. The van der Waals surface area contributed by atoms with Gasteiger partial charge in [0.25, 0.3) is 0 Å². The fourth-order valence-electron chi connectivity index (χ4n) is 3.44. The van der Waals surface area contributed by atoms with Crippen LogP contribution in [0.4, 0.5) is 4.79 Å². The molecule has 0 radical (unpaired) electrons. The second-order valence-electron chi connectivity index (χ2n) is 6.96.